The molecule has 2 aromatic heterocycles. The molecule has 264 valence electrons. The van der Waals surface area contributed by atoms with Gasteiger partial charge in [0.2, 0.25) is 5.88 Å². The molecule has 0 amide bonds. The molecule has 49 heavy (non-hydrogen) atoms. The van der Waals surface area contributed by atoms with Gasteiger partial charge < -0.3 is 30.2 Å². The van der Waals surface area contributed by atoms with E-state index in [4.69, 9.17) is 24.9 Å². The third kappa shape index (κ3) is 5.05. The van der Waals surface area contributed by atoms with Gasteiger partial charge in [0.1, 0.15) is 35.1 Å². The van der Waals surface area contributed by atoms with Crippen molar-refractivity contribution < 1.29 is 44.9 Å². The minimum Gasteiger partial charge on any atom is -0.472 e. The summed E-state index contributed by atoms with van der Waals surface area (Å²) in [6, 6.07) is 0.364. The van der Waals surface area contributed by atoms with Gasteiger partial charge in [0.25, 0.3) is 0 Å². The number of aromatic nitrogens is 3. The molecule has 1 aromatic carbocycles. The molecule has 4 fully saturated rings. The maximum absolute atomic E-state index is 16.9. The number of anilines is 2. The fourth-order valence-corrected chi connectivity index (χ4v) is 8.41. The molecule has 17 heteroatoms. The van der Waals surface area contributed by atoms with Crippen LogP contribution in [0.25, 0.3) is 22.2 Å². The monoisotopic (exact) mass is 697 g/mol. The highest BCUT2D eigenvalue weighted by Crippen LogP contribution is 2.52. The highest BCUT2D eigenvalue weighted by molar-refractivity contribution is 5.97. The predicted octanol–water partition coefficient (Wildman–Crippen LogP) is 4.85. The van der Waals surface area contributed by atoms with Gasteiger partial charge in [0.05, 0.1) is 30.5 Å². The average molecular weight is 698 g/mol. The van der Waals surface area contributed by atoms with Crippen LogP contribution in [0.4, 0.5) is 42.2 Å². The molecular formula is C32H34F7N7O3. The molecule has 5 aliphatic heterocycles. The number of alkyl halides is 5. The maximum Gasteiger partial charge on any atom is 0.458 e. The number of hydrogen-bond donors (Lipinski definition) is 2. The molecule has 7 heterocycles. The molecular weight excluding hydrogens is 663 g/mol. The van der Waals surface area contributed by atoms with E-state index >= 15 is 17.6 Å². The summed E-state index contributed by atoms with van der Waals surface area (Å²) >= 11 is 0. The molecule has 3 N–H and O–H groups in total. The second kappa shape index (κ2) is 11.4. The number of nitrogen functional groups attached to an aromatic ring is 1. The summed E-state index contributed by atoms with van der Waals surface area (Å²) in [7, 11) is 0. The van der Waals surface area contributed by atoms with Crippen molar-refractivity contribution in [2.24, 2.45) is 0 Å². The maximum atomic E-state index is 16.9. The van der Waals surface area contributed by atoms with Crippen LogP contribution in [0.2, 0.25) is 0 Å². The largest absolute Gasteiger partial charge is 0.472 e. The van der Waals surface area contributed by atoms with Crippen LogP contribution in [0, 0.1) is 18.6 Å². The minimum atomic E-state index is -6.15. The molecule has 5 aliphatic rings. The van der Waals surface area contributed by atoms with E-state index in [1.54, 1.807) is 6.92 Å². The summed E-state index contributed by atoms with van der Waals surface area (Å²) in [5.74, 6) is -8.84. The number of nitrogens with zero attached hydrogens (tertiary/aromatic N) is 5. The molecule has 0 radical (unpaired) electrons. The Morgan fingerprint density at radius 3 is 2.63 bits per heavy atom. The van der Waals surface area contributed by atoms with E-state index in [0.29, 0.717) is 32.4 Å². The molecule has 0 unspecified atom stereocenters. The van der Waals surface area contributed by atoms with Crippen molar-refractivity contribution in [1.29, 1.82) is 0 Å². The molecule has 4 saturated heterocycles. The fraction of sp³-hybridized carbons (Fsp3) is 0.594. The number of morpholine rings is 1. The van der Waals surface area contributed by atoms with Gasteiger partial charge in [0, 0.05) is 42.8 Å². The average Bonchev–Trinajstić information content (AvgIpc) is 3.61. The second-order valence-corrected chi connectivity index (χ2v) is 13.6. The molecule has 2 bridgehead atoms. The van der Waals surface area contributed by atoms with E-state index in [2.05, 4.69) is 20.2 Å². The van der Waals surface area contributed by atoms with Crippen LogP contribution in [0.1, 0.15) is 43.7 Å². The van der Waals surface area contributed by atoms with Crippen LogP contribution in [0.15, 0.2) is 6.07 Å². The summed E-state index contributed by atoms with van der Waals surface area (Å²) in [5.41, 5.74) is -0.649. The summed E-state index contributed by atoms with van der Waals surface area (Å²) in [4.78, 5) is 17.4. The van der Waals surface area contributed by atoms with Crippen LogP contribution >= 0.6 is 0 Å². The lowest BCUT2D eigenvalue weighted by Gasteiger charge is -2.42. The van der Waals surface area contributed by atoms with E-state index in [9.17, 15) is 13.2 Å². The number of nitrogens with one attached hydrogen (secondary N) is 1. The molecule has 0 aliphatic carbocycles. The van der Waals surface area contributed by atoms with Gasteiger partial charge in [-0.05, 0) is 51.2 Å². The van der Waals surface area contributed by atoms with Crippen molar-refractivity contribution in [2.75, 3.05) is 43.5 Å². The van der Waals surface area contributed by atoms with Crippen LogP contribution in [-0.2, 0) is 10.7 Å². The van der Waals surface area contributed by atoms with Crippen LogP contribution in [0.5, 0.6) is 11.9 Å². The Balaban J connectivity index is 1.32. The van der Waals surface area contributed by atoms with E-state index in [0.717, 1.165) is 32.6 Å². The molecule has 6 atom stereocenters. The summed E-state index contributed by atoms with van der Waals surface area (Å²) in [6.07, 6.45) is -3.38. The topological polar surface area (TPSA) is 111 Å². The third-order valence-corrected chi connectivity index (χ3v) is 10.6. The zero-order valence-electron chi connectivity index (χ0n) is 26.6. The highest BCUT2D eigenvalue weighted by Gasteiger charge is 2.61. The SMILES string of the molecule is Cc1cc(N)c(F)c(-c2nc3c4c(nc(OC[C@@H]5CC[C@H]6COCCN65)nc4c2F)N2C[C@H]4CC[C@H](N4)[C@H]2[C@H](C)O3)c1C(F)(F)C(F)(F)F. The van der Waals surface area contributed by atoms with Crippen LogP contribution in [0.3, 0.4) is 0 Å². The number of ether oxygens (including phenoxy) is 3. The Morgan fingerprint density at radius 1 is 1.06 bits per heavy atom. The van der Waals surface area contributed by atoms with E-state index in [1.165, 1.54) is 0 Å². The first-order valence-corrected chi connectivity index (χ1v) is 16.4. The summed E-state index contributed by atoms with van der Waals surface area (Å²) in [6.45, 7) is 5.18. The van der Waals surface area contributed by atoms with Gasteiger partial charge in [-0.3, -0.25) is 4.90 Å². The number of aryl methyl sites for hydroxylation is 1. The van der Waals surface area contributed by atoms with Gasteiger partial charge in [0.15, 0.2) is 11.6 Å². The second-order valence-electron chi connectivity index (χ2n) is 13.6. The first-order chi connectivity index (χ1) is 23.2. The van der Waals surface area contributed by atoms with Crippen molar-refractivity contribution in [3.63, 3.8) is 0 Å². The first kappa shape index (κ1) is 32.5. The highest BCUT2D eigenvalue weighted by atomic mass is 19.4. The molecule has 8 rings (SSSR count). The smallest absolute Gasteiger partial charge is 0.458 e. The van der Waals surface area contributed by atoms with Crippen molar-refractivity contribution in [2.45, 2.75) is 87.9 Å². The molecule has 0 spiro atoms. The first-order valence-electron chi connectivity index (χ1n) is 16.4. The number of piperazine rings is 1. The standard InChI is InChI=1S/C32H34F7N7O3/c1-13-9-18(40)23(33)20(22(13)31(35,36)32(37,38)39)25-24(34)26-21-28(44-30(43-26)48-12-17-5-4-16-11-47-8-7-45(16)17)46-10-15-3-6-19(41-15)27(46)14(2)49-29(21)42-25/h9,14-17,19,27,41H,3-8,10-12,40H2,1-2H3/t14-,15+,16-,17-,19-,27+/m0/s1. The Morgan fingerprint density at radius 2 is 1.86 bits per heavy atom. The Kier molecular flexibility index (Phi) is 7.57. The number of rotatable bonds is 5. The quantitative estimate of drug-likeness (QED) is 0.284. The van der Waals surface area contributed by atoms with E-state index in [-0.39, 0.29) is 59.9 Å². The number of nitrogens with two attached hydrogens (primary N) is 1. The van der Waals surface area contributed by atoms with Gasteiger partial charge in [-0.1, -0.05) is 0 Å². The van der Waals surface area contributed by atoms with Gasteiger partial charge in [-0.25, -0.2) is 13.8 Å². The number of fused-ring (bicyclic) bond motifs is 6. The van der Waals surface area contributed by atoms with Gasteiger partial charge in [-0.2, -0.15) is 31.9 Å². The Hall–Kier alpha value is -3.70. The summed E-state index contributed by atoms with van der Waals surface area (Å²) in [5, 5.41) is 3.53. The fourth-order valence-electron chi connectivity index (χ4n) is 8.41. The molecule has 3 aromatic rings. The Labute approximate surface area is 276 Å². The number of benzene rings is 1. The Bertz CT molecular complexity index is 1830. The van der Waals surface area contributed by atoms with E-state index < -0.39 is 63.4 Å². The lowest BCUT2D eigenvalue weighted by atomic mass is 9.91. The number of pyridine rings is 1. The van der Waals surface area contributed by atoms with Crippen LogP contribution in [-0.4, -0.2) is 95.3 Å². The number of halogens is 7. The predicted molar refractivity (Wildman–Crippen MR) is 163 cm³/mol. The van der Waals surface area contributed by atoms with Crippen molar-refractivity contribution in [3.05, 3.63) is 28.8 Å². The van der Waals surface area contributed by atoms with E-state index in [1.807, 2.05) is 4.90 Å². The van der Waals surface area contributed by atoms with Crippen molar-refractivity contribution in [3.8, 4) is 23.1 Å². The van der Waals surface area contributed by atoms with Crippen molar-refractivity contribution in [1.82, 2.24) is 25.2 Å². The number of hydrogen-bond acceptors (Lipinski definition) is 10. The summed E-state index contributed by atoms with van der Waals surface area (Å²) < 4.78 is 122. The zero-order chi connectivity index (χ0) is 34.6. The molecule has 10 nitrogen and oxygen atoms in total. The van der Waals surface area contributed by atoms with Crippen LogP contribution < -0.4 is 25.4 Å². The lowest BCUT2D eigenvalue weighted by Crippen LogP contribution is -2.62. The normalized spacial score (nSPS) is 28.3. The lowest BCUT2D eigenvalue weighted by molar-refractivity contribution is -0.289. The van der Waals surface area contributed by atoms with Crippen molar-refractivity contribution >= 4 is 22.4 Å². The third-order valence-electron chi connectivity index (χ3n) is 10.6. The van der Waals surface area contributed by atoms with Gasteiger partial charge >= 0.3 is 18.1 Å². The minimum absolute atomic E-state index is 0.00315. The zero-order valence-corrected chi connectivity index (χ0v) is 26.6. The molecule has 0 saturated carbocycles. The van der Waals surface area contributed by atoms with Gasteiger partial charge in [-0.15, -0.1) is 0 Å².